The van der Waals surface area contributed by atoms with Gasteiger partial charge in [0.25, 0.3) is 0 Å². The van der Waals surface area contributed by atoms with Gasteiger partial charge in [-0.3, -0.25) is 14.4 Å². The summed E-state index contributed by atoms with van der Waals surface area (Å²) in [7, 11) is 0. The molecule has 0 aromatic carbocycles. The van der Waals surface area contributed by atoms with Gasteiger partial charge in [-0.15, -0.1) is 0 Å². The molecule has 2 saturated heterocycles. The Balaban J connectivity index is 1.83. The van der Waals surface area contributed by atoms with Crippen LogP contribution in [0.1, 0.15) is 41.0 Å². The van der Waals surface area contributed by atoms with Gasteiger partial charge in [-0.25, -0.2) is 4.79 Å². The average molecular weight is 494 g/mol. The maximum absolute atomic E-state index is 13.2. The third-order valence-corrected chi connectivity index (χ3v) is 9.40. The third kappa shape index (κ3) is 2.59. The van der Waals surface area contributed by atoms with E-state index in [9.17, 15) is 34.5 Å². The van der Waals surface area contributed by atoms with Crippen molar-refractivity contribution in [1.29, 1.82) is 0 Å². The zero-order valence-corrected chi connectivity index (χ0v) is 20.1. The van der Waals surface area contributed by atoms with Gasteiger partial charge < -0.3 is 34.3 Å². The molecule has 35 heavy (non-hydrogen) atoms. The van der Waals surface area contributed by atoms with E-state index in [2.05, 4.69) is 0 Å². The molecule has 1 spiro atoms. The Kier molecular flexibility index (Phi) is 4.95. The Hall–Kier alpha value is -2.34. The van der Waals surface area contributed by atoms with Crippen LogP contribution in [0.15, 0.2) is 11.6 Å². The number of aliphatic hydroxyl groups excluding tert-OH is 1. The largest absolute Gasteiger partial charge is 0.459 e. The fourth-order valence-corrected chi connectivity index (χ4v) is 8.22. The van der Waals surface area contributed by atoms with Gasteiger partial charge in [0.2, 0.25) is 11.9 Å². The van der Waals surface area contributed by atoms with Gasteiger partial charge in [-0.05, 0) is 25.3 Å². The molecule has 2 aliphatic heterocycles. The monoisotopic (exact) mass is 494 g/mol. The summed E-state index contributed by atoms with van der Waals surface area (Å²) in [6, 6.07) is 0. The summed E-state index contributed by atoms with van der Waals surface area (Å²) in [5.41, 5.74) is -4.60. The van der Waals surface area contributed by atoms with Crippen LogP contribution in [0.3, 0.4) is 0 Å². The fourth-order valence-electron chi connectivity index (χ4n) is 8.22. The zero-order chi connectivity index (χ0) is 25.9. The molecule has 3 N–H and O–H groups in total. The molecule has 3 aliphatic carbocycles. The Bertz CT molecular complexity index is 1070. The molecule has 2 heterocycles. The number of esters is 3. The molecule has 11 atom stereocenters. The van der Waals surface area contributed by atoms with Crippen LogP contribution < -0.4 is 0 Å². The third-order valence-electron chi connectivity index (χ3n) is 9.40. The maximum Gasteiger partial charge on any atom is 0.350 e. The number of ketones is 1. The van der Waals surface area contributed by atoms with Crippen molar-refractivity contribution < 1.29 is 53.4 Å². The standard InChI is InChI=1S/C24H30O11/c1-9-6-14(27)16(28)21(5)13(9)7-15-22-8-32-24(31,20(21)22)17(33-11(3)25)10(2)23(22,30)18(19(29)35-15)34-12(4)26/h6,10,13,15-18,20,28,30-31H,7-8H2,1-5H3/t10-,13-,15+,16+,17+,18-,20+,21+,22+,23-,24+/m0/s1. The van der Waals surface area contributed by atoms with Crippen molar-refractivity contribution >= 4 is 23.7 Å². The second-order valence-corrected chi connectivity index (χ2v) is 10.9. The number of aliphatic hydroxyl groups is 3. The van der Waals surface area contributed by atoms with E-state index in [1.165, 1.54) is 13.0 Å². The van der Waals surface area contributed by atoms with Gasteiger partial charge >= 0.3 is 17.9 Å². The van der Waals surface area contributed by atoms with Gasteiger partial charge in [0, 0.05) is 31.1 Å². The van der Waals surface area contributed by atoms with Gasteiger partial charge in [-0.1, -0.05) is 19.4 Å². The molecule has 0 amide bonds. The van der Waals surface area contributed by atoms with E-state index in [-0.39, 0.29) is 13.0 Å². The van der Waals surface area contributed by atoms with Crippen LogP contribution in [0.25, 0.3) is 0 Å². The highest BCUT2D eigenvalue weighted by Gasteiger charge is 2.89. The lowest BCUT2D eigenvalue weighted by Crippen LogP contribution is -2.85. The normalized spacial score (nSPS) is 52.0. The Morgan fingerprint density at radius 2 is 1.77 bits per heavy atom. The first kappa shape index (κ1) is 24.4. The number of hydrogen-bond acceptors (Lipinski definition) is 11. The first-order valence-corrected chi connectivity index (χ1v) is 11.7. The summed E-state index contributed by atoms with van der Waals surface area (Å²) < 4.78 is 22.5. The lowest BCUT2D eigenvalue weighted by molar-refractivity contribution is -0.375. The van der Waals surface area contributed by atoms with Gasteiger partial charge in [0.1, 0.15) is 17.8 Å². The van der Waals surface area contributed by atoms with Crippen molar-refractivity contribution in [3.05, 3.63) is 11.6 Å². The number of allylic oxidation sites excluding steroid dienone is 1. The molecular weight excluding hydrogens is 464 g/mol. The van der Waals surface area contributed by atoms with Crippen LogP contribution in [0.5, 0.6) is 0 Å². The van der Waals surface area contributed by atoms with E-state index in [0.717, 1.165) is 13.8 Å². The van der Waals surface area contributed by atoms with Gasteiger partial charge in [0.15, 0.2) is 11.9 Å². The molecule has 11 heteroatoms. The molecule has 2 saturated carbocycles. The van der Waals surface area contributed by atoms with E-state index in [1.54, 1.807) is 13.8 Å². The van der Waals surface area contributed by atoms with Crippen LogP contribution in [0.2, 0.25) is 0 Å². The van der Waals surface area contributed by atoms with Crippen molar-refractivity contribution in [2.45, 2.75) is 76.8 Å². The lowest BCUT2D eigenvalue weighted by atomic mass is 9.36. The van der Waals surface area contributed by atoms with E-state index in [0.29, 0.717) is 5.57 Å². The molecule has 0 radical (unpaired) electrons. The lowest BCUT2D eigenvalue weighted by Gasteiger charge is -2.70. The zero-order valence-electron chi connectivity index (χ0n) is 20.1. The Morgan fingerprint density at radius 1 is 1.14 bits per heavy atom. The molecular formula is C24H30O11. The summed E-state index contributed by atoms with van der Waals surface area (Å²) in [5, 5.41) is 35.9. The Labute approximate surface area is 201 Å². The van der Waals surface area contributed by atoms with E-state index in [1.807, 2.05) is 0 Å². The Morgan fingerprint density at radius 3 is 2.37 bits per heavy atom. The maximum atomic E-state index is 13.2. The predicted molar refractivity (Wildman–Crippen MR) is 113 cm³/mol. The van der Waals surface area contributed by atoms with E-state index in [4.69, 9.17) is 18.9 Å². The molecule has 2 bridgehead atoms. The number of carbonyl (C=O) groups excluding carboxylic acids is 4. The van der Waals surface area contributed by atoms with Crippen molar-refractivity contribution in [1.82, 2.24) is 0 Å². The predicted octanol–water partition coefficient (Wildman–Crippen LogP) is -0.606. The summed E-state index contributed by atoms with van der Waals surface area (Å²) in [6.07, 6.45) is -4.47. The highest BCUT2D eigenvalue weighted by molar-refractivity contribution is 5.96. The number of ether oxygens (including phenoxy) is 4. The number of carbonyl (C=O) groups is 4. The topological polar surface area (TPSA) is 166 Å². The SMILES string of the molecule is CC(=O)O[C@@H]1[C@H](C)[C@]2(O)[C@@H](OC(C)=O)C(=O)O[C@@H]3C[C@H]4C(C)=CC(=O)[C@@H](O)[C@]4(C)[C@H]4[C@]1(O)OC[C@]432. The molecule has 5 rings (SSSR count). The molecule has 192 valence electrons. The first-order chi connectivity index (χ1) is 16.2. The van der Waals surface area contributed by atoms with Crippen LogP contribution in [0.4, 0.5) is 0 Å². The smallest absolute Gasteiger partial charge is 0.350 e. The van der Waals surface area contributed by atoms with Crippen LogP contribution in [-0.2, 0) is 38.1 Å². The summed E-state index contributed by atoms with van der Waals surface area (Å²) in [6.45, 7) is 6.65. The molecule has 0 aromatic rings. The number of hydrogen-bond donors (Lipinski definition) is 3. The van der Waals surface area contributed by atoms with Crippen molar-refractivity contribution in [2.24, 2.45) is 28.6 Å². The summed E-state index contributed by atoms with van der Waals surface area (Å²) in [5.74, 6) is -8.38. The van der Waals surface area contributed by atoms with Crippen LogP contribution in [-0.4, -0.2) is 81.4 Å². The summed E-state index contributed by atoms with van der Waals surface area (Å²) >= 11 is 0. The summed E-state index contributed by atoms with van der Waals surface area (Å²) in [4.78, 5) is 50.1. The molecule has 0 aromatic heterocycles. The second-order valence-electron chi connectivity index (χ2n) is 10.9. The molecule has 0 unspecified atom stereocenters. The number of fused-ring (bicyclic) bond motifs is 1. The average Bonchev–Trinajstić information content (AvgIpc) is 3.07. The minimum absolute atomic E-state index is 0.130. The first-order valence-electron chi connectivity index (χ1n) is 11.7. The van der Waals surface area contributed by atoms with Crippen molar-refractivity contribution in [3.63, 3.8) is 0 Å². The molecule has 5 aliphatic rings. The van der Waals surface area contributed by atoms with Crippen LogP contribution >= 0.6 is 0 Å². The number of rotatable bonds is 2. The van der Waals surface area contributed by atoms with Crippen molar-refractivity contribution in [3.8, 4) is 0 Å². The van der Waals surface area contributed by atoms with E-state index >= 15 is 0 Å². The fraction of sp³-hybridized carbons (Fsp3) is 0.750. The van der Waals surface area contributed by atoms with E-state index < -0.39 is 88.1 Å². The quantitative estimate of drug-likeness (QED) is 0.331. The van der Waals surface area contributed by atoms with Crippen LogP contribution in [0, 0.1) is 28.6 Å². The van der Waals surface area contributed by atoms with Gasteiger partial charge in [-0.2, -0.15) is 0 Å². The highest BCUT2D eigenvalue weighted by Crippen LogP contribution is 2.75. The van der Waals surface area contributed by atoms with Gasteiger partial charge in [0.05, 0.1) is 12.0 Å². The minimum atomic E-state index is -2.24. The highest BCUT2D eigenvalue weighted by atomic mass is 16.7. The molecule has 11 nitrogen and oxygen atoms in total. The minimum Gasteiger partial charge on any atom is -0.459 e. The van der Waals surface area contributed by atoms with Crippen molar-refractivity contribution in [2.75, 3.05) is 6.61 Å². The molecule has 4 fully saturated rings. The second kappa shape index (κ2) is 7.12.